The third-order valence-electron chi connectivity index (χ3n) is 3.36. The highest BCUT2D eigenvalue weighted by Crippen LogP contribution is 2.15. The van der Waals surface area contributed by atoms with Crippen molar-refractivity contribution < 1.29 is 13.2 Å². The molecule has 0 aliphatic heterocycles. The van der Waals surface area contributed by atoms with Crippen molar-refractivity contribution in [3.8, 4) is 0 Å². The fraction of sp³-hybridized carbons (Fsp3) is 0.250. The van der Waals surface area contributed by atoms with Crippen LogP contribution in [0.15, 0.2) is 54.9 Å². The average Bonchev–Trinajstić information content (AvgIpc) is 2.59. The molecule has 0 aliphatic rings. The number of para-hydroxylation sites is 1. The highest BCUT2D eigenvalue weighted by atomic mass is 32.2. The van der Waals surface area contributed by atoms with E-state index in [0.717, 1.165) is 5.56 Å². The molecular formula is C16H19N3O3S. The van der Waals surface area contributed by atoms with Gasteiger partial charge in [0.05, 0.1) is 11.4 Å². The molecule has 0 saturated carbocycles. The van der Waals surface area contributed by atoms with Crippen molar-refractivity contribution in [1.82, 2.24) is 10.3 Å². The number of pyridine rings is 1. The van der Waals surface area contributed by atoms with E-state index >= 15 is 0 Å². The number of nitrogens with one attached hydrogen (secondary N) is 1. The lowest BCUT2D eigenvalue weighted by atomic mass is 10.2. The summed E-state index contributed by atoms with van der Waals surface area (Å²) in [5, 5.41) is 2.70. The largest absolute Gasteiger partial charge is 0.352 e. The van der Waals surface area contributed by atoms with E-state index < -0.39 is 10.0 Å². The van der Waals surface area contributed by atoms with Gasteiger partial charge in [0.2, 0.25) is 15.9 Å². The minimum atomic E-state index is -3.53. The second-order valence-electron chi connectivity index (χ2n) is 5.00. The maximum atomic E-state index is 12.2. The van der Waals surface area contributed by atoms with E-state index in [0.29, 0.717) is 12.2 Å². The molecule has 0 fully saturated rings. The Morgan fingerprint density at radius 2 is 1.78 bits per heavy atom. The van der Waals surface area contributed by atoms with Crippen LogP contribution >= 0.6 is 0 Å². The molecule has 1 N–H and O–H groups in total. The fourth-order valence-electron chi connectivity index (χ4n) is 1.95. The summed E-state index contributed by atoms with van der Waals surface area (Å²) >= 11 is 0. The number of amides is 1. The predicted octanol–water partition coefficient (Wildman–Crippen LogP) is 1.55. The van der Waals surface area contributed by atoms with Crippen LogP contribution < -0.4 is 9.62 Å². The molecule has 1 aromatic carbocycles. The second-order valence-corrected chi connectivity index (χ2v) is 7.12. The first kappa shape index (κ1) is 17.0. The molecule has 0 unspecified atom stereocenters. The molecular weight excluding hydrogens is 314 g/mol. The summed E-state index contributed by atoms with van der Waals surface area (Å²) in [6.07, 6.45) is 3.20. The minimum Gasteiger partial charge on any atom is -0.352 e. The first-order valence-electron chi connectivity index (χ1n) is 7.16. The van der Waals surface area contributed by atoms with Gasteiger partial charge in [0.1, 0.15) is 0 Å². The molecule has 7 heteroatoms. The van der Waals surface area contributed by atoms with Crippen molar-refractivity contribution in [3.05, 3.63) is 60.4 Å². The molecule has 2 rings (SSSR count). The number of carbonyl (C=O) groups is 1. The van der Waals surface area contributed by atoms with Crippen LogP contribution in [-0.2, 0) is 21.4 Å². The van der Waals surface area contributed by atoms with Crippen LogP contribution in [0.1, 0.15) is 12.0 Å². The van der Waals surface area contributed by atoms with Gasteiger partial charge in [0.15, 0.2) is 0 Å². The molecule has 6 nitrogen and oxygen atoms in total. The summed E-state index contributed by atoms with van der Waals surface area (Å²) in [5.74, 6) is -0.535. The quantitative estimate of drug-likeness (QED) is 0.834. The van der Waals surface area contributed by atoms with Gasteiger partial charge in [-0.15, -0.1) is 0 Å². The molecule has 0 aliphatic carbocycles. The fourth-order valence-corrected chi connectivity index (χ4v) is 3.11. The third-order valence-corrected chi connectivity index (χ3v) is 5.13. The molecule has 0 radical (unpaired) electrons. The first-order valence-corrected chi connectivity index (χ1v) is 8.77. The number of hydrogen-bond acceptors (Lipinski definition) is 4. The van der Waals surface area contributed by atoms with Gasteiger partial charge in [-0.1, -0.05) is 18.2 Å². The molecule has 0 atom stereocenters. The van der Waals surface area contributed by atoms with Crippen LogP contribution in [0.4, 0.5) is 5.69 Å². The Kier molecular flexibility index (Phi) is 5.70. The Balaban J connectivity index is 1.85. The van der Waals surface area contributed by atoms with Crippen LogP contribution in [-0.4, -0.2) is 32.1 Å². The van der Waals surface area contributed by atoms with Gasteiger partial charge in [0.25, 0.3) is 0 Å². The summed E-state index contributed by atoms with van der Waals surface area (Å²) in [4.78, 5) is 15.7. The summed E-state index contributed by atoms with van der Waals surface area (Å²) in [6.45, 7) is 0.357. The highest BCUT2D eigenvalue weighted by molar-refractivity contribution is 7.92. The van der Waals surface area contributed by atoms with Crippen LogP contribution in [0, 0.1) is 0 Å². The van der Waals surface area contributed by atoms with Crippen molar-refractivity contribution in [1.29, 1.82) is 0 Å². The standard InChI is InChI=1S/C16H19N3O3S/c1-19(15-5-3-2-4-6-15)23(21,22)12-9-16(20)18-13-14-7-10-17-11-8-14/h2-8,10-11H,9,12-13H2,1H3,(H,18,20). The van der Waals surface area contributed by atoms with Gasteiger partial charge in [-0.25, -0.2) is 8.42 Å². The van der Waals surface area contributed by atoms with E-state index in [1.165, 1.54) is 11.4 Å². The van der Waals surface area contributed by atoms with E-state index in [1.807, 2.05) is 6.07 Å². The van der Waals surface area contributed by atoms with E-state index in [2.05, 4.69) is 10.3 Å². The van der Waals surface area contributed by atoms with Gasteiger partial charge in [0, 0.05) is 32.4 Å². The minimum absolute atomic E-state index is 0.0788. The first-order chi connectivity index (χ1) is 11.0. The number of nitrogens with zero attached hydrogens (tertiary/aromatic N) is 2. The zero-order chi connectivity index (χ0) is 16.7. The van der Waals surface area contributed by atoms with E-state index in [-0.39, 0.29) is 18.1 Å². The number of aromatic nitrogens is 1. The lowest BCUT2D eigenvalue weighted by Gasteiger charge is -2.19. The normalized spacial score (nSPS) is 11.0. The molecule has 1 heterocycles. The van der Waals surface area contributed by atoms with Gasteiger partial charge in [-0.05, 0) is 29.8 Å². The van der Waals surface area contributed by atoms with Crippen LogP contribution in [0.2, 0.25) is 0 Å². The number of anilines is 1. The lowest BCUT2D eigenvalue weighted by molar-refractivity contribution is -0.120. The van der Waals surface area contributed by atoms with Crippen LogP contribution in [0.3, 0.4) is 0 Å². The van der Waals surface area contributed by atoms with Gasteiger partial charge < -0.3 is 5.32 Å². The number of rotatable bonds is 7. The van der Waals surface area contributed by atoms with Crippen molar-refractivity contribution in [2.75, 3.05) is 17.1 Å². The molecule has 1 aromatic heterocycles. The van der Waals surface area contributed by atoms with E-state index in [9.17, 15) is 13.2 Å². The van der Waals surface area contributed by atoms with Crippen molar-refractivity contribution in [2.24, 2.45) is 0 Å². The smallest absolute Gasteiger partial charge is 0.235 e. The van der Waals surface area contributed by atoms with Crippen LogP contribution in [0.5, 0.6) is 0 Å². The number of benzene rings is 1. The maximum Gasteiger partial charge on any atom is 0.235 e. The number of sulfonamides is 1. The molecule has 23 heavy (non-hydrogen) atoms. The molecule has 0 spiro atoms. The molecule has 2 aromatic rings. The Bertz CT molecular complexity index is 734. The van der Waals surface area contributed by atoms with Gasteiger partial charge >= 0.3 is 0 Å². The zero-order valence-corrected chi connectivity index (χ0v) is 13.7. The van der Waals surface area contributed by atoms with E-state index in [4.69, 9.17) is 0 Å². The Morgan fingerprint density at radius 3 is 2.43 bits per heavy atom. The summed E-state index contributed by atoms with van der Waals surface area (Å²) in [5.41, 5.74) is 1.49. The predicted molar refractivity (Wildman–Crippen MR) is 89.3 cm³/mol. The summed E-state index contributed by atoms with van der Waals surface area (Å²) in [6, 6.07) is 12.4. The zero-order valence-electron chi connectivity index (χ0n) is 12.8. The van der Waals surface area contributed by atoms with E-state index in [1.54, 1.807) is 48.8 Å². The summed E-state index contributed by atoms with van der Waals surface area (Å²) < 4.78 is 25.7. The number of hydrogen-bond donors (Lipinski definition) is 1. The molecule has 122 valence electrons. The Morgan fingerprint density at radius 1 is 1.13 bits per heavy atom. The van der Waals surface area contributed by atoms with Gasteiger partial charge in [-0.3, -0.25) is 14.1 Å². The highest BCUT2D eigenvalue weighted by Gasteiger charge is 2.19. The van der Waals surface area contributed by atoms with Crippen LogP contribution in [0.25, 0.3) is 0 Å². The summed E-state index contributed by atoms with van der Waals surface area (Å²) in [7, 11) is -2.04. The topological polar surface area (TPSA) is 79.4 Å². The molecule has 1 amide bonds. The SMILES string of the molecule is CN(c1ccccc1)S(=O)(=O)CCC(=O)NCc1ccncc1. The lowest BCUT2D eigenvalue weighted by Crippen LogP contribution is -2.32. The monoisotopic (exact) mass is 333 g/mol. The Hall–Kier alpha value is -2.41. The molecule has 0 bridgehead atoms. The second kappa shape index (κ2) is 7.73. The average molecular weight is 333 g/mol. The van der Waals surface area contributed by atoms with Crippen molar-refractivity contribution in [2.45, 2.75) is 13.0 Å². The maximum absolute atomic E-state index is 12.2. The van der Waals surface area contributed by atoms with Crippen molar-refractivity contribution >= 4 is 21.6 Å². The Labute approximate surface area is 136 Å². The third kappa shape index (κ3) is 5.07. The number of carbonyl (C=O) groups excluding carboxylic acids is 1. The van der Waals surface area contributed by atoms with Crippen molar-refractivity contribution in [3.63, 3.8) is 0 Å². The van der Waals surface area contributed by atoms with Gasteiger partial charge in [-0.2, -0.15) is 0 Å². The molecule has 0 saturated heterocycles.